The molecule has 4 nitrogen and oxygen atoms in total. The molecule has 5 heteroatoms. The van der Waals surface area contributed by atoms with Crippen molar-refractivity contribution in [3.8, 4) is 0 Å². The van der Waals surface area contributed by atoms with Crippen LogP contribution < -0.4 is 10.2 Å². The minimum Gasteiger partial charge on any atom is -0.326 e. The Morgan fingerprint density at radius 1 is 1.19 bits per heavy atom. The van der Waals surface area contributed by atoms with Crippen LogP contribution in [0, 0.1) is 13.8 Å². The van der Waals surface area contributed by atoms with Gasteiger partial charge >= 0.3 is 0 Å². The lowest BCUT2D eigenvalue weighted by Gasteiger charge is -2.25. The smallest absolute Gasteiger partial charge is 0.238 e. The minimum atomic E-state index is -0.0771. The molecule has 1 saturated heterocycles. The average molecular weight is 369 g/mol. The second-order valence-corrected chi connectivity index (χ2v) is 7.77. The lowest BCUT2D eigenvalue weighted by atomic mass is 10.1. The molecule has 1 aliphatic heterocycles. The number of amides is 2. The Labute approximate surface area is 159 Å². The summed E-state index contributed by atoms with van der Waals surface area (Å²) in [6, 6.07) is 14.0. The number of hydrogen-bond donors (Lipinski definition) is 1. The molecule has 1 heterocycles. The van der Waals surface area contributed by atoms with Gasteiger partial charge in [0.05, 0.1) is 5.75 Å². The van der Waals surface area contributed by atoms with Crippen LogP contribution in [0.3, 0.4) is 0 Å². The maximum absolute atomic E-state index is 12.6. The van der Waals surface area contributed by atoms with Gasteiger partial charge in [-0.1, -0.05) is 25.1 Å². The molecule has 1 atom stereocenters. The van der Waals surface area contributed by atoms with Gasteiger partial charge < -0.3 is 5.32 Å². The predicted octanol–water partition coefficient (Wildman–Crippen LogP) is 4.82. The number of carbonyl (C=O) groups is 2. The third kappa shape index (κ3) is 4.10. The van der Waals surface area contributed by atoms with Gasteiger partial charge in [0.1, 0.15) is 5.37 Å². The zero-order valence-corrected chi connectivity index (χ0v) is 16.2. The van der Waals surface area contributed by atoms with Crippen molar-refractivity contribution < 1.29 is 9.59 Å². The van der Waals surface area contributed by atoms with Crippen LogP contribution in [0.4, 0.5) is 11.4 Å². The quantitative estimate of drug-likeness (QED) is 0.823. The molecule has 2 amide bonds. The van der Waals surface area contributed by atoms with Crippen LogP contribution in [0.25, 0.3) is 0 Å². The van der Waals surface area contributed by atoms with Crippen LogP contribution in [0.2, 0.25) is 0 Å². The summed E-state index contributed by atoms with van der Waals surface area (Å²) >= 11 is 1.62. The molecule has 1 fully saturated rings. The van der Waals surface area contributed by atoms with Gasteiger partial charge in [0.25, 0.3) is 0 Å². The van der Waals surface area contributed by atoms with E-state index in [9.17, 15) is 9.59 Å². The summed E-state index contributed by atoms with van der Waals surface area (Å²) in [5.41, 5.74) is 5.02. The Hall–Kier alpha value is -2.27. The zero-order chi connectivity index (χ0) is 18.7. The van der Waals surface area contributed by atoms with Gasteiger partial charge in [-0.3, -0.25) is 14.5 Å². The maximum Gasteiger partial charge on any atom is 0.238 e. The molecule has 0 bridgehead atoms. The number of nitrogens with one attached hydrogen (secondary N) is 1. The fourth-order valence-corrected chi connectivity index (χ4v) is 4.43. The minimum absolute atomic E-state index is 0.0194. The van der Waals surface area contributed by atoms with Gasteiger partial charge in [-0.15, -0.1) is 11.8 Å². The second-order valence-electron chi connectivity index (χ2n) is 6.70. The molecule has 1 N–H and O–H groups in total. The van der Waals surface area contributed by atoms with E-state index in [1.54, 1.807) is 11.8 Å². The summed E-state index contributed by atoms with van der Waals surface area (Å²) in [6.07, 6.45) is 1.33. The molecule has 0 saturated carbocycles. The Morgan fingerprint density at radius 3 is 2.62 bits per heavy atom. The van der Waals surface area contributed by atoms with E-state index in [0.717, 1.165) is 34.5 Å². The number of anilines is 2. The number of nitrogens with zero attached hydrogens (tertiary/aromatic N) is 1. The summed E-state index contributed by atoms with van der Waals surface area (Å²) < 4.78 is 0. The van der Waals surface area contributed by atoms with Crippen molar-refractivity contribution in [1.29, 1.82) is 0 Å². The Bertz CT molecular complexity index is 814. The predicted molar refractivity (Wildman–Crippen MR) is 109 cm³/mol. The first-order valence-electron chi connectivity index (χ1n) is 8.89. The van der Waals surface area contributed by atoms with Gasteiger partial charge in [-0.2, -0.15) is 0 Å². The molecule has 136 valence electrons. The van der Waals surface area contributed by atoms with Gasteiger partial charge in [0.2, 0.25) is 11.8 Å². The van der Waals surface area contributed by atoms with E-state index < -0.39 is 0 Å². The van der Waals surface area contributed by atoms with Crippen LogP contribution in [-0.4, -0.2) is 17.6 Å². The Balaban J connectivity index is 1.90. The highest BCUT2D eigenvalue weighted by Gasteiger charge is 2.34. The summed E-state index contributed by atoms with van der Waals surface area (Å²) in [4.78, 5) is 26.3. The van der Waals surface area contributed by atoms with Gasteiger partial charge in [-0.25, -0.2) is 0 Å². The topological polar surface area (TPSA) is 49.4 Å². The summed E-state index contributed by atoms with van der Waals surface area (Å²) in [7, 11) is 0. The first-order valence-corrected chi connectivity index (χ1v) is 9.94. The highest BCUT2D eigenvalue weighted by molar-refractivity contribution is 8.00. The first-order chi connectivity index (χ1) is 12.5. The van der Waals surface area contributed by atoms with Crippen molar-refractivity contribution in [1.82, 2.24) is 0 Å². The Morgan fingerprint density at radius 2 is 1.92 bits per heavy atom. The molecule has 1 aliphatic rings. The molecule has 2 aromatic rings. The van der Waals surface area contributed by atoms with Crippen molar-refractivity contribution in [2.75, 3.05) is 16.0 Å². The van der Waals surface area contributed by atoms with Crippen LogP contribution in [0.1, 0.15) is 41.8 Å². The third-order valence-corrected chi connectivity index (χ3v) is 5.50. The summed E-state index contributed by atoms with van der Waals surface area (Å²) in [6.45, 7) is 6.07. The molecule has 26 heavy (non-hydrogen) atoms. The summed E-state index contributed by atoms with van der Waals surface area (Å²) in [5, 5.41) is 2.86. The van der Waals surface area contributed by atoms with Crippen molar-refractivity contribution in [2.24, 2.45) is 0 Å². The van der Waals surface area contributed by atoms with E-state index in [1.807, 2.05) is 49.9 Å². The molecule has 0 radical (unpaired) electrons. The number of thioether (sulfide) groups is 1. The number of hydrogen-bond acceptors (Lipinski definition) is 3. The van der Waals surface area contributed by atoms with Crippen molar-refractivity contribution in [2.45, 2.75) is 39.0 Å². The zero-order valence-electron chi connectivity index (χ0n) is 15.4. The number of aryl methyl sites for hydroxylation is 2. The standard InChI is InChI=1S/C21H24N2O2S/c1-4-6-19(24)22-17-8-5-7-16(12-17)21-23(20(25)13-26-21)18-10-14(2)9-15(3)11-18/h5,7-12,21H,4,6,13H2,1-3H3,(H,22,24)/t21-/m0/s1. The second kappa shape index (κ2) is 7.96. The molecular formula is C21H24N2O2S. The molecule has 3 rings (SSSR count). The molecule has 0 aromatic heterocycles. The van der Waals surface area contributed by atoms with Crippen molar-refractivity contribution >= 4 is 35.0 Å². The lowest BCUT2D eigenvalue weighted by Crippen LogP contribution is -2.28. The molecule has 0 aliphatic carbocycles. The van der Waals surface area contributed by atoms with Crippen LogP contribution in [-0.2, 0) is 9.59 Å². The number of rotatable bonds is 5. The Kier molecular flexibility index (Phi) is 5.67. The normalized spacial score (nSPS) is 16.8. The van der Waals surface area contributed by atoms with Crippen molar-refractivity contribution in [3.63, 3.8) is 0 Å². The van der Waals surface area contributed by atoms with Crippen molar-refractivity contribution in [3.05, 3.63) is 59.2 Å². The fraction of sp³-hybridized carbons (Fsp3) is 0.333. The number of benzene rings is 2. The third-order valence-electron chi connectivity index (χ3n) is 4.29. The highest BCUT2D eigenvalue weighted by Crippen LogP contribution is 2.42. The van der Waals surface area contributed by atoms with E-state index in [-0.39, 0.29) is 17.2 Å². The maximum atomic E-state index is 12.6. The first kappa shape index (κ1) is 18.5. The van der Waals surface area contributed by atoms with E-state index in [2.05, 4.69) is 23.5 Å². The molecular weight excluding hydrogens is 344 g/mol. The average Bonchev–Trinajstić information content (AvgIpc) is 2.96. The molecule has 0 unspecified atom stereocenters. The fourth-order valence-electron chi connectivity index (χ4n) is 3.26. The summed E-state index contributed by atoms with van der Waals surface area (Å²) in [5.74, 6) is 0.598. The van der Waals surface area contributed by atoms with Crippen LogP contribution in [0.15, 0.2) is 42.5 Å². The van der Waals surface area contributed by atoms with Crippen LogP contribution in [0.5, 0.6) is 0 Å². The van der Waals surface area contributed by atoms with Gasteiger partial charge in [-0.05, 0) is 61.2 Å². The van der Waals surface area contributed by atoms with Gasteiger partial charge in [0.15, 0.2) is 0 Å². The molecule has 0 spiro atoms. The van der Waals surface area contributed by atoms with E-state index >= 15 is 0 Å². The van der Waals surface area contributed by atoms with Gasteiger partial charge in [0, 0.05) is 17.8 Å². The highest BCUT2D eigenvalue weighted by atomic mass is 32.2. The monoisotopic (exact) mass is 368 g/mol. The van der Waals surface area contributed by atoms with E-state index in [0.29, 0.717) is 12.2 Å². The lowest BCUT2D eigenvalue weighted by molar-refractivity contribution is -0.116. The largest absolute Gasteiger partial charge is 0.326 e. The van der Waals surface area contributed by atoms with E-state index in [1.165, 1.54) is 0 Å². The van der Waals surface area contributed by atoms with Crippen LogP contribution >= 0.6 is 11.8 Å². The van der Waals surface area contributed by atoms with E-state index in [4.69, 9.17) is 0 Å². The number of carbonyl (C=O) groups excluding carboxylic acids is 2. The molecule has 2 aromatic carbocycles. The SMILES string of the molecule is CCCC(=O)Nc1cccc([C@@H]2SCC(=O)N2c2cc(C)cc(C)c2)c1.